The second-order valence-corrected chi connectivity index (χ2v) is 5.83. The smallest absolute Gasteiger partial charge is 0.227 e. The van der Waals surface area contributed by atoms with E-state index in [9.17, 15) is 4.79 Å². The molecular formula is C13H22N2O. The van der Waals surface area contributed by atoms with E-state index >= 15 is 0 Å². The van der Waals surface area contributed by atoms with Crippen molar-refractivity contribution in [3.63, 3.8) is 0 Å². The minimum atomic E-state index is 0.249. The van der Waals surface area contributed by atoms with Gasteiger partial charge in [-0.05, 0) is 44.6 Å². The molecule has 4 atom stereocenters. The quantitative estimate of drug-likeness (QED) is 0.724. The van der Waals surface area contributed by atoms with Crippen molar-refractivity contribution < 1.29 is 4.79 Å². The number of rotatable bonds is 1. The molecule has 2 aliphatic heterocycles. The summed E-state index contributed by atoms with van der Waals surface area (Å²) in [7, 11) is 0. The van der Waals surface area contributed by atoms with E-state index in [0.29, 0.717) is 11.9 Å². The Balaban J connectivity index is 1.63. The van der Waals surface area contributed by atoms with Gasteiger partial charge in [-0.1, -0.05) is 6.42 Å². The highest BCUT2D eigenvalue weighted by Crippen LogP contribution is 2.38. The van der Waals surface area contributed by atoms with E-state index in [1.165, 1.54) is 19.3 Å². The Kier molecular flexibility index (Phi) is 2.66. The third-order valence-electron chi connectivity index (χ3n) is 4.88. The number of hydrogen-bond acceptors (Lipinski definition) is 2. The molecule has 2 heterocycles. The third-order valence-corrected chi connectivity index (χ3v) is 4.88. The summed E-state index contributed by atoms with van der Waals surface area (Å²) in [5.74, 6) is 2.33. The Hall–Kier alpha value is -0.570. The van der Waals surface area contributed by atoms with E-state index in [0.717, 1.165) is 37.9 Å². The van der Waals surface area contributed by atoms with Crippen LogP contribution in [0.15, 0.2) is 0 Å². The molecule has 3 heteroatoms. The fourth-order valence-electron chi connectivity index (χ4n) is 3.85. The van der Waals surface area contributed by atoms with Crippen molar-refractivity contribution in [1.29, 1.82) is 0 Å². The highest BCUT2D eigenvalue weighted by atomic mass is 16.2. The summed E-state index contributed by atoms with van der Waals surface area (Å²) in [4.78, 5) is 14.5. The van der Waals surface area contributed by atoms with Crippen LogP contribution in [0.3, 0.4) is 0 Å². The number of likely N-dealkylation sites (tertiary alicyclic amines) is 1. The zero-order valence-electron chi connectivity index (χ0n) is 10.1. The zero-order valence-corrected chi connectivity index (χ0v) is 10.1. The molecule has 3 rings (SSSR count). The van der Waals surface area contributed by atoms with E-state index in [1.807, 2.05) is 0 Å². The lowest BCUT2D eigenvalue weighted by atomic mass is 10.0. The number of carbonyl (C=O) groups excluding carboxylic acids is 1. The van der Waals surface area contributed by atoms with Gasteiger partial charge >= 0.3 is 0 Å². The first-order valence-electron chi connectivity index (χ1n) is 6.78. The van der Waals surface area contributed by atoms with Gasteiger partial charge in [-0.2, -0.15) is 0 Å². The van der Waals surface area contributed by atoms with Crippen molar-refractivity contribution in [3.05, 3.63) is 0 Å². The summed E-state index contributed by atoms with van der Waals surface area (Å²) < 4.78 is 0. The van der Waals surface area contributed by atoms with Gasteiger partial charge in [-0.15, -0.1) is 0 Å². The van der Waals surface area contributed by atoms with Gasteiger partial charge < -0.3 is 10.2 Å². The lowest BCUT2D eigenvalue weighted by Crippen LogP contribution is -2.39. The Morgan fingerprint density at radius 2 is 1.88 bits per heavy atom. The van der Waals surface area contributed by atoms with Crippen LogP contribution < -0.4 is 5.32 Å². The molecule has 90 valence electrons. The number of nitrogens with zero attached hydrogens (tertiary/aromatic N) is 1. The van der Waals surface area contributed by atoms with Crippen molar-refractivity contribution >= 4 is 5.91 Å². The Morgan fingerprint density at radius 3 is 2.44 bits per heavy atom. The molecule has 1 N–H and O–H groups in total. The van der Waals surface area contributed by atoms with Gasteiger partial charge in [0.15, 0.2) is 0 Å². The maximum Gasteiger partial charge on any atom is 0.227 e. The molecule has 3 nitrogen and oxygen atoms in total. The van der Waals surface area contributed by atoms with Crippen LogP contribution in [0.25, 0.3) is 0 Å². The molecule has 0 aromatic rings. The maximum atomic E-state index is 12.4. The topological polar surface area (TPSA) is 32.3 Å². The lowest BCUT2D eigenvalue weighted by molar-refractivity contribution is -0.134. The fourth-order valence-corrected chi connectivity index (χ4v) is 3.85. The summed E-state index contributed by atoms with van der Waals surface area (Å²) in [6.07, 6.45) is 5.13. The molecule has 2 saturated heterocycles. The van der Waals surface area contributed by atoms with Crippen LogP contribution in [0.2, 0.25) is 0 Å². The molecular weight excluding hydrogens is 200 g/mol. The van der Waals surface area contributed by atoms with Crippen LogP contribution in [0.1, 0.15) is 32.6 Å². The average Bonchev–Trinajstić information content (AvgIpc) is 2.89. The number of nitrogens with one attached hydrogen (secondary N) is 1. The predicted octanol–water partition coefficient (Wildman–Crippen LogP) is 1.24. The van der Waals surface area contributed by atoms with Gasteiger partial charge in [0.25, 0.3) is 0 Å². The first kappa shape index (κ1) is 10.6. The Bertz CT molecular complexity index is 280. The van der Waals surface area contributed by atoms with E-state index in [2.05, 4.69) is 17.1 Å². The van der Waals surface area contributed by atoms with Gasteiger partial charge in [0.2, 0.25) is 5.91 Å². The molecule has 0 aromatic carbocycles. The van der Waals surface area contributed by atoms with Gasteiger partial charge in [-0.3, -0.25) is 4.79 Å². The molecule has 1 amide bonds. The molecule has 1 aliphatic carbocycles. The third kappa shape index (κ3) is 1.65. The van der Waals surface area contributed by atoms with E-state index in [4.69, 9.17) is 0 Å². The summed E-state index contributed by atoms with van der Waals surface area (Å²) in [5, 5.41) is 3.38. The van der Waals surface area contributed by atoms with Gasteiger partial charge in [-0.25, -0.2) is 0 Å². The van der Waals surface area contributed by atoms with Crippen LogP contribution >= 0.6 is 0 Å². The van der Waals surface area contributed by atoms with E-state index in [1.54, 1.807) is 0 Å². The van der Waals surface area contributed by atoms with Crippen molar-refractivity contribution in [2.45, 2.75) is 38.6 Å². The standard InChI is InChI=1S/C13H22N2O/c1-9-12(5-6-14-9)13(16)15-7-10-3-2-4-11(10)8-15/h9-12,14H,2-8H2,1H3. The van der Waals surface area contributed by atoms with E-state index < -0.39 is 0 Å². The van der Waals surface area contributed by atoms with Crippen LogP contribution in [0, 0.1) is 17.8 Å². The molecule has 0 bridgehead atoms. The van der Waals surface area contributed by atoms with Gasteiger partial charge in [0.1, 0.15) is 0 Å². The minimum absolute atomic E-state index is 0.249. The van der Waals surface area contributed by atoms with Gasteiger partial charge in [0.05, 0.1) is 5.92 Å². The zero-order chi connectivity index (χ0) is 11.1. The van der Waals surface area contributed by atoms with Crippen LogP contribution in [0.5, 0.6) is 0 Å². The molecule has 0 radical (unpaired) electrons. The minimum Gasteiger partial charge on any atom is -0.342 e. The molecule has 4 unspecified atom stereocenters. The monoisotopic (exact) mass is 222 g/mol. The van der Waals surface area contributed by atoms with Crippen LogP contribution in [0.4, 0.5) is 0 Å². The first-order chi connectivity index (χ1) is 7.75. The highest BCUT2D eigenvalue weighted by molar-refractivity contribution is 5.80. The maximum absolute atomic E-state index is 12.4. The predicted molar refractivity (Wildman–Crippen MR) is 63.0 cm³/mol. The van der Waals surface area contributed by atoms with Crippen LogP contribution in [-0.2, 0) is 4.79 Å². The summed E-state index contributed by atoms with van der Waals surface area (Å²) in [6.45, 7) is 5.25. The van der Waals surface area contributed by atoms with Crippen molar-refractivity contribution in [2.24, 2.45) is 17.8 Å². The number of fused-ring (bicyclic) bond motifs is 1. The molecule has 3 aliphatic rings. The Morgan fingerprint density at radius 1 is 1.19 bits per heavy atom. The molecule has 0 spiro atoms. The molecule has 0 aromatic heterocycles. The largest absolute Gasteiger partial charge is 0.342 e. The number of hydrogen-bond donors (Lipinski definition) is 1. The summed E-state index contributed by atoms with van der Waals surface area (Å²) >= 11 is 0. The van der Waals surface area contributed by atoms with Crippen molar-refractivity contribution in [1.82, 2.24) is 10.2 Å². The fraction of sp³-hybridized carbons (Fsp3) is 0.923. The first-order valence-corrected chi connectivity index (χ1v) is 6.78. The average molecular weight is 222 g/mol. The second kappa shape index (κ2) is 4.02. The SMILES string of the molecule is CC1NCCC1C(=O)N1CC2CCCC2C1. The van der Waals surface area contributed by atoms with E-state index in [-0.39, 0.29) is 5.92 Å². The molecule has 3 fully saturated rings. The number of carbonyl (C=O) groups is 1. The molecule has 16 heavy (non-hydrogen) atoms. The highest BCUT2D eigenvalue weighted by Gasteiger charge is 2.41. The summed E-state index contributed by atoms with van der Waals surface area (Å²) in [6, 6.07) is 0.382. The van der Waals surface area contributed by atoms with Crippen LogP contribution in [-0.4, -0.2) is 36.5 Å². The number of amides is 1. The second-order valence-electron chi connectivity index (χ2n) is 5.83. The van der Waals surface area contributed by atoms with Gasteiger partial charge in [0, 0.05) is 19.1 Å². The Labute approximate surface area is 97.6 Å². The lowest BCUT2D eigenvalue weighted by Gasteiger charge is -2.23. The van der Waals surface area contributed by atoms with Crippen molar-refractivity contribution in [3.8, 4) is 0 Å². The van der Waals surface area contributed by atoms with Crippen molar-refractivity contribution in [2.75, 3.05) is 19.6 Å². The summed E-state index contributed by atoms with van der Waals surface area (Å²) in [5.41, 5.74) is 0. The molecule has 1 saturated carbocycles. The normalized spacial score (nSPS) is 42.7.